The van der Waals surface area contributed by atoms with Gasteiger partial charge in [0.1, 0.15) is 0 Å². The predicted octanol–water partition coefficient (Wildman–Crippen LogP) is 6.68. The van der Waals surface area contributed by atoms with Crippen molar-refractivity contribution in [3.05, 3.63) is 12.3 Å². The highest BCUT2D eigenvalue weighted by molar-refractivity contribution is 5.68. The van der Waals surface area contributed by atoms with Crippen molar-refractivity contribution in [2.24, 2.45) is 0 Å². The molecule has 0 bridgehead atoms. The van der Waals surface area contributed by atoms with Gasteiger partial charge in [0.05, 0.1) is 6.26 Å². The van der Waals surface area contributed by atoms with E-state index >= 15 is 0 Å². The molecule has 1 amide bonds. The number of amides is 1. The van der Waals surface area contributed by atoms with Crippen LogP contribution in [0, 0.1) is 0 Å². The van der Waals surface area contributed by atoms with Gasteiger partial charge < -0.3 is 9.64 Å². The lowest BCUT2D eigenvalue weighted by molar-refractivity contribution is 0.109. The summed E-state index contributed by atoms with van der Waals surface area (Å²) in [5, 5.41) is 0. The summed E-state index contributed by atoms with van der Waals surface area (Å²) in [4.78, 5) is 13.7. The zero-order valence-corrected chi connectivity index (χ0v) is 16.1. The van der Waals surface area contributed by atoms with Crippen LogP contribution in [0.2, 0.25) is 0 Å². The first kappa shape index (κ1) is 22.0. The number of hydrogen-bond donors (Lipinski definition) is 0. The second-order valence-electron chi connectivity index (χ2n) is 6.97. The normalized spacial score (nSPS) is 11.6. The molecule has 0 saturated heterocycles. The summed E-state index contributed by atoms with van der Waals surface area (Å²) < 4.78 is 5.22. The van der Waals surface area contributed by atoms with E-state index in [2.05, 4.69) is 6.92 Å². The van der Waals surface area contributed by atoms with Gasteiger partial charge in [-0.2, -0.15) is 0 Å². The maximum atomic E-state index is 12.0. The van der Waals surface area contributed by atoms with Crippen LogP contribution in [0.1, 0.15) is 98.8 Å². The van der Waals surface area contributed by atoms with E-state index in [0.29, 0.717) is 0 Å². The highest BCUT2D eigenvalue weighted by atomic mass is 16.5. The number of unbranched alkanes of at least 4 members (excludes halogenated alkanes) is 9. The minimum Gasteiger partial charge on any atom is -0.418 e. The van der Waals surface area contributed by atoms with Crippen LogP contribution in [0.5, 0.6) is 0 Å². The van der Waals surface area contributed by atoms with Gasteiger partial charge in [0.2, 0.25) is 0 Å². The Labute approximate surface area is 144 Å². The zero-order valence-electron chi connectivity index (χ0n) is 16.1. The molecule has 3 nitrogen and oxygen atoms in total. The van der Waals surface area contributed by atoms with E-state index < -0.39 is 0 Å². The summed E-state index contributed by atoms with van der Waals surface area (Å²) >= 11 is 0. The molecule has 0 rings (SSSR count). The van der Waals surface area contributed by atoms with Crippen molar-refractivity contribution in [1.82, 2.24) is 4.90 Å². The number of ether oxygens (including phenoxy) is 1. The van der Waals surface area contributed by atoms with E-state index in [1.807, 2.05) is 33.8 Å². The van der Waals surface area contributed by atoms with Gasteiger partial charge in [-0.1, -0.05) is 58.3 Å². The third-order valence-corrected chi connectivity index (χ3v) is 4.06. The molecule has 0 radical (unpaired) electrons. The molecular formula is C20H39NO2. The third-order valence-electron chi connectivity index (χ3n) is 4.06. The van der Waals surface area contributed by atoms with Crippen molar-refractivity contribution >= 4 is 6.09 Å². The van der Waals surface area contributed by atoms with Crippen molar-refractivity contribution in [3.8, 4) is 0 Å². The molecule has 0 fully saturated rings. The van der Waals surface area contributed by atoms with Gasteiger partial charge in [0.25, 0.3) is 0 Å². The fourth-order valence-corrected chi connectivity index (χ4v) is 2.83. The topological polar surface area (TPSA) is 29.5 Å². The van der Waals surface area contributed by atoms with Gasteiger partial charge in [0.15, 0.2) is 0 Å². The van der Waals surface area contributed by atoms with Crippen molar-refractivity contribution in [3.63, 3.8) is 0 Å². The van der Waals surface area contributed by atoms with Crippen LogP contribution < -0.4 is 0 Å². The first-order valence-electron chi connectivity index (χ1n) is 9.64. The Hall–Kier alpha value is -0.990. The fourth-order valence-electron chi connectivity index (χ4n) is 2.83. The molecule has 0 atom stereocenters. The van der Waals surface area contributed by atoms with Gasteiger partial charge in [-0.25, -0.2) is 4.79 Å². The van der Waals surface area contributed by atoms with E-state index in [-0.39, 0.29) is 18.2 Å². The fraction of sp³-hybridized carbons (Fsp3) is 0.850. The lowest BCUT2D eigenvalue weighted by Gasteiger charge is -2.28. The second-order valence-corrected chi connectivity index (χ2v) is 6.97. The summed E-state index contributed by atoms with van der Waals surface area (Å²) in [5.74, 6) is 0. The summed E-state index contributed by atoms with van der Waals surface area (Å²) in [6, 6.07) is 0.321. The van der Waals surface area contributed by atoms with Gasteiger partial charge in [0, 0.05) is 12.1 Å². The molecule has 0 N–H and O–H groups in total. The lowest BCUT2D eigenvalue weighted by Crippen LogP contribution is -2.41. The molecule has 0 saturated carbocycles. The lowest BCUT2D eigenvalue weighted by atomic mass is 10.1. The monoisotopic (exact) mass is 325 g/mol. The first-order valence-corrected chi connectivity index (χ1v) is 9.64. The Morgan fingerprint density at radius 3 is 1.83 bits per heavy atom. The number of hydrogen-bond acceptors (Lipinski definition) is 2. The minimum atomic E-state index is -0.252. The zero-order chi connectivity index (χ0) is 17.5. The summed E-state index contributed by atoms with van der Waals surface area (Å²) in [6.45, 7) is 10.3. The molecule has 0 heterocycles. The molecule has 0 spiro atoms. The highest BCUT2D eigenvalue weighted by Gasteiger charge is 2.20. The third kappa shape index (κ3) is 12.1. The van der Waals surface area contributed by atoms with E-state index in [4.69, 9.17) is 4.74 Å². The molecule has 23 heavy (non-hydrogen) atoms. The van der Waals surface area contributed by atoms with E-state index in [1.54, 1.807) is 11.2 Å². The van der Waals surface area contributed by atoms with Crippen LogP contribution in [0.15, 0.2) is 12.3 Å². The number of rotatable bonds is 13. The summed E-state index contributed by atoms with van der Waals surface area (Å²) in [5.41, 5.74) is 0. The quantitative estimate of drug-likeness (QED) is 0.279. The Bertz CT molecular complexity index is 303. The van der Waals surface area contributed by atoms with Crippen LogP contribution in [0.3, 0.4) is 0 Å². The number of allylic oxidation sites excluding steroid dienone is 1. The summed E-state index contributed by atoms with van der Waals surface area (Å²) in [6.07, 6.45) is 16.3. The Kier molecular flexibility index (Phi) is 14.0. The molecule has 0 aliphatic heterocycles. The maximum absolute atomic E-state index is 12.0. The number of nitrogens with zero attached hydrogens (tertiary/aromatic N) is 1. The standard InChI is InChI=1S/C20H39NO2/c1-6-7-8-9-10-11-12-13-14-15-16-17-23-20(22)21(18(2)3)19(4)5/h16-19H,6-15H2,1-5H3/b17-16-. The van der Waals surface area contributed by atoms with E-state index in [9.17, 15) is 4.79 Å². The Morgan fingerprint density at radius 2 is 1.35 bits per heavy atom. The predicted molar refractivity (Wildman–Crippen MR) is 99.6 cm³/mol. The van der Waals surface area contributed by atoms with E-state index in [1.165, 1.54) is 57.8 Å². The van der Waals surface area contributed by atoms with Crippen LogP contribution >= 0.6 is 0 Å². The molecule has 0 aromatic rings. The van der Waals surface area contributed by atoms with Crippen LogP contribution in [0.4, 0.5) is 4.79 Å². The van der Waals surface area contributed by atoms with Gasteiger partial charge in [-0.3, -0.25) is 0 Å². The molecule has 0 aliphatic carbocycles. The molecule has 0 unspecified atom stereocenters. The highest BCUT2D eigenvalue weighted by Crippen LogP contribution is 2.11. The maximum Gasteiger partial charge on any atom is 0.415 e. The Morgan fingerprint density at radius 1 is 0.870 bits per heavy atom. The van der Waals surface area contributed by atoms with Crippen LogP contribution in [0.25, 0.3) is 0 Å². The van der Waals surface area contributed by atoms with Crippen LogP contribution in [-0.2, 0) is 4.74 Å². The molecule has 3 heteroatoms. The molecule has 0 aromatic carbocycles. The van der Waals surface area contributed by atoms with Crippen molar-refractivity contribution in [2.45, 2.75) is 111 Å². The summed E-state index contributed by atoms with van der Waals surface area (Å²) in [7, 11) is 0. The van der Waals surface area contributed by atoms with Gasteiger partial charge in [-0.05, 0) is 46.6 Å². The first-order chi connectivity index (χ1) is 11.0. The van der Waals surface area contributed by atoms with Crippen molar-refractivity contribution in [1.29, 1.82) is 0 Å². The number of carbonyl (C=O) groups is 1. The van der Waals surface area contributed by atoms with Crippen molar-refractivity contribution < 1.29 is 9.53 Å². The van der Waals surface area contributed by atoms with Crippen LogP contribution in [-0.4, -0.2) is 23.1 Å². The molecular weight excluding hydrogens is 286 g/mol. The minimum absolute atomic E-state index is 0.160. The van der Waals surface area contributed by atoms with Crippen molar-refractivity contribution in [2.75, 3.05) is 0 Å². The number of carbonyl (C=O) groups excluding carboxylic acids is 1. The average molecular weight is 326 g/mol. The molecule has 0 aromatic heterocycles. The van der Waals surface area contributed by atoms with Gasteiger partial charge in [-0.15, -0.1) is 0 Å². The smallest absolute Gasteiger partial charge is 0.415 e. The average Bonchev–Trinajstić information content (AvgIpc) is 2.47. The van der Waals surface area contributed by atoms with E-state index in [0.717, 1.165) is 6.42 Å². The second kappa shape index (κ2) is 14.6. The SMILES string of the molecule is CCCCCCCCCCC/C=C\OC(=O)N(C(C)C)C(C)C. The largest absolute Gasteiger partial charge is 0.418 e. The molecule has 136 valence electrons. The van der Waals surface area contributed by atoms with Gasteiger partial charge >= 0.3 is 6.09 Å². The Balaban J connectivity index is 3.59. The molecule has 0 aliphatic rings.